The number of aromatic nitrogens is 2. The van der Waals surface area contributed by atoms with Crippen LogP contribution < -0.4 is 5.32 Å². The van der Waals surface area contributed by atoms with Gasteiger partial charge in [0, 0.05) is 17.5 Å². The average molecular weight is 452 g/mol. The Morgan fingerprint density at radius 2 is 1.62 bits per heavy atom. The van der Waals surface area contributed by atoms with E-state index in [9.17, 15) is 15.0 Å². The molecule has 0 aliphatic heterocycles. The molecule has 3 aromatic carbocycles. The highest BCUT2D eigenvalue weighted by Crippen LogP contribution is 2.37. The molecule has 0 bridgehead atoms. The standard InChI is InChI=1S/C28H25N3O3/c32-21-12-9-19(10-13-21)26-28(30-25(34)8-4-7-18-5-2-1-3-6-18)29-24-16-11-20-17-22(33)14-15-23(20)27(24)31-26/h1-3,5-6,9-10,12-15,17,32-33H,4,7-8,11,16H2,(H,29,30,34). The van der Waals surface area contributed by atoms with E-state index in [1.54, 1.807) is 36.4 Å². The fraction of sp³-hybridized carbons (Fsp3) is 0.179. The number of hydrogen-bond donors (Lipinski definition) is 3. The van der Waals surface area contributed by atoms with Crippen LogP contribution in [0.4, 0.5) is 5.82 Å². The van der Waals surface area contributed by atoms with Crippen molar-refractivity contribution in [2.75, 3.05) is 5.32 Å². The molecular weight excluding hydrogens is 426 g/mol. The van der Waals surface area contributed by atoms with Gasteiger partial charge in [0.15, 0.2) is 5.82 Å². The molecule has 1 amide bonds. The molecule has 1 aliphatic rings. The zero-order chi connectivity index (χ0) is 23.5. The smallest absolute Gasteiger partial charge is 0.225 e. The fourth-order valence-corrected chi connectivity index (χ4v) is 4.33. The second kappa shape index (κ2) is 9.35. The van der Waals surface area contributed by atoms with Crippen molar-refractivity contribution in [2.45, 2.75) is 32.1 Å². The molecule has 1 heterocycles. The van der Waals surface area contributed by atoms with Crippen LogP contribution in [-0.4, -0.2) is 26.1 Å². The summed E-state index contributed by atoms with van der Waals surface area (Å²) < 4.78 is 0. The Morgan fingerprint density at radius 3 is 2.41 bits per heavy atom. The summed E-state index contributed by atoms with van der Waals surface area (Å²) in [6.07, 6.45) is 3.36. The number of rotatable bonds is 6. The summed E-state index contributed by atoms with van der Waals surface area (Å²) in [4.78, 5) is 22.5. The van der Waals surface area contributed by atoms with E-state index in [0.717, 1.165) is 47.3 Å². The van der Waals surface area contributed by atoms with Gasteiger partial charge in [-0.3, -0.25) is 4.79 Å². The number of benzene rings is 3. The van der Waals surface area contributed by atoms with E-state index in [1.807, 2.05) is 24.3 Å². The number of phenols is 2. The number of carbonyl (C=O) groups excluding carboxylic acids is 1. The Hall–Kier alpha value is -4.19. The molecule has 4 aromatic rings. The van der Waals surface area contributed by atoms with Crippen molar-refractivity contribution in [1.82, 2.24) is 9.97 Å². The number of aryl methyl sites for hydroxylation is 3. The van der Waals surface area contributed by atoms with Crippen LogP contribution in [-0.2, 0) is 24.1 Å². The van der Waals surface area contributed by atoms with Crippen LogP contribution in [0.25, 0.3) is 22.5 Å². The van der Waals surface area contributed by atoms with Crippen molar-refractivity contribution in [3.63, 3.8) is 0 Å². The molecule has 0 fully saturated rings. The third kappa shape index (κ3) is 4.62. The molecule has 34 heavy (non-hydrogen) atoms. The largest absolute Gasteiger partial charge is 0.508 e. The zero-order valence-electron chi connectivity index (χ0n) is 18.7. The molecule has 6 nitrogen and oxygen atoms in total. The Balaban J connectivity index is 1.44. The van der Waals surface area contributed by atoms with Gasteiger partial charge in [0.1, 0.15) is 17.2 Å². The SMILES string of the molecule is O=C(CCCc1ccccc1)Nc1nc2c(nc1-c1ccc(O)cc1)-c1ccc(O)cc1CC2. The minimum absolute atomic E-state index is 0.105. The van der Waals surface area contributed by atoms with Crippen molar-refractivity contribution in [1.29, 1.82) is 0 Å². The van der Waals surface area contributed by atoms with Gasteiger partial charge in [0.05, 0.1) is 11.4 Å². The summed E-state index contributed by atoms with van der Waals surface area (Å²) in [6, 6.07) is 22.1. The van der Waals surface area contributed by atoms with Crippen LogP contribution >= 0.6 is 0 Å². The van der Waals surface area contributed by atoms with E-state index in [-0.39, 0.29) is 17.4 Å². The van der Waals surface area contributed by atoms with Gasteiger partial charge < -0.3 is 15.5 Å². The van der Waals surface area contributed by atoms with E-state index in [0.29, 0.717) is 24.4 Å². The lowest BCUT2D eigenvalue weighted by atomic mass is 9.91. The maximum Gasteiger partial charge on any atom is 0.225 e. The molecule has 0 radical (unpaired) electrons. The summed E-state index contributed by atoms with van der Waals surface area (Å²) in [6.45, 7) is 0. The quantitative estimate of drug-likeness (QED) is 0.371. The number of nitrogens with one attached hydrogen (secondary N) is 1. The van der Waals surface area contributed by atoms with E-state index < -0.39 is 0 Å². The van der Waals surface area contributed by atoms with E-state index in [1.165, 1.54) is 5.56 Å². The summed E-state index contributed by atoms with van der Waals surface area (Å²) in [5, 5.41) is 22.6. The second-order valence-electron chi connectivity index (χ2n) is 8.49. The fourth-order valence-electron chi connectivity index (χ4n) is 4.33. The lowest BCUT2D eigenvalue weighted by molar-refractivity contribution is -0.116. The van der Waals surface area contributed by atoms with Gasteiger partial charge in [-0.2, -0.15) is 0 Å². The van der Waals surface area contributed by atoms with Crippen molar-refractivity contribution >= 4 is 11.7 Å². The van der Waals surface area contributed by atoms with Gasteiger partial charge in [-0.25, -0.2) is 9.97 Å². The Kier molecular flexibility index (Phi) is 5.95. The van der Waals surface area contributed by atoms with Crippen LogP contribution in [0.3, 0.4) is 0 Å². The molecule has 0 spiro atoms. The number of phenolic OH excluding ortho intramolecular Hbond substituents is 2. The highest BCUT2D eigenvalue weighted by atomic mass is 16.3. The molecule has 6 heteroatoms. The van der Waals surface area contributed by atoms with Gasteiger partial charge in [0.25, 0.3) is 0 Å². The third-order valence-electron chi connectivity index (χ3n) is 6.05. The van der Waals surface area contributed by atoms with Gasteiger partial charge in [-0.1, -0.05) is 30.3 Å². The van der Waals surface area contributed by atoms with Crippen LogP contribution in [0, 0.1) is 0 Å². The normalized spacial score (nSPS) is 12.0. The molecule has 1 aromatic heterocycles. The van der Waals surface area contributed by atoms with Gasteiger partial charge >= 0.3 is 0 Å². The number of hydrogen-bond acceptors (Lipinski definition) is 5. The van der Waals surface area contributed by atoms with Crippen molar-refractivity contribution < 1.29 is 15.0 Å². The van der Waals surface area contributed by atoms with Crippen molar-refractivity contribution in [2.24, 2.45) is 0 Å². The maximum absolute atomic E-state index is 12.8. The lowest BCUT2D eigenvalue weighted by Gasteiger charge is -2.21. The first kappa shape index (κ1) is 21.6. The number of fused-ring (bicyclic) bond motifs is 3. The minimum Gasteiger partial charge on any atom is -0.508 e. The minimum atomic E-state index is -0.105. The van der Waals surface area contributed by atoms with Gasteiger partial charge in [-0.05, 0) is 79.3 Å². The van der Waals surface area contributed by atoms with Gasteiger partial charge in [0.2, 0.25) is 5.91 Å². The Morgan fingerprint density at radius 1 is 0.853 bits per heavy atom. The van der Waals surface area contributed by atoms with Gasteiger partial charge in [-0.15, -0.1) is 0 Å². The van der Waals surface area contributed by atoms with Crippen LogP contribution in [0.1, 0.15) is 29.7 Å². The molecule has 0 unspecified atom stereocenters. The van der Waals surface area contributed by atoms with E-state index >= 15 is 0 Å². The molecule has 1 aliphatic carbocycles. The highest BCUT2D eigenvalue weighted by molar-refractivity contribution is 5.94. The predicted molar refractivity (Wildman–Crippen MR) is 132 cm³/mol. The zero-order valence-corrected chi connectivity index (χ0v) is 18.7. The monoisotopic (exact) mass is 451 g/mol. The molecule has 170 valence electrons. The number of aromatic hydroxyl groups is 2. The Labute approximate surface area is 198 Å². The van der Waals surface area contributed by atoms with Crippen LogP contribution in [0.5, 0.6) is 11.5 Å². The topological polar surface area (TPSA) is 95.3 Å². The first-order valence-corrected chi connectivity index (χ1v) is 11.4. The second-order valence-corrected chi connectivity index (χ2v) is 8.49. The predicted octanol–water partition coefficient (Wildman–Crippen LogP) is 5.28. The van der Waals surface area contributed by atoms with E-state index in [4.69, 9.17) is 9.97 Å². The summed E-state index contributed by atoms with van der Waals surface area (Å²) in [7, 11) is 0. The summed E-state index contributed by atoms with van der Waals surface area (Å²) >= 11 is 0. The first-order chi connectivity index (χ1) is 16.6. The molecule has 0 atom stereocenters. The lowest BCUT2D eigenvalue weighted by Crippen LogP contribution is -2.17. The van der Waals surface area contributed by atoms with Crippen LogP contribution in [0.2, 0.25) is 0 Å². The van der Waals surface area contributed by atoms with Crippen molar-refractivity contribution in [3.05, 3.63) is 89.6 Å². The number of anilines is 1. The number of carbonyl (C=O) groups is 1. The van der Waals surface area contributed by atoms with Crippen molar-refractivity contribution in [3.8, 4) is 34.0 Å². The molecular formula is C28H25N3O3. The summed E-state index contributed by atoms with van der Waals surface area (Å²) in [5.41, 5.74) is 6.04. The van der Waals surface area contributed by atoms with Crippen LogP contribution in [0.15, 0.2) is 72.8 Å². The molecule has 3 N–H and O–H groups in total. The molecule has 5 rings (SSSR count). The molecule has 0 saturated heterocycles. The maximum atomic E-state index is 12.8. The molecule has 0 saturated carbocycles. The van der Waals surface area contributed by atoms with E-state index in [2.05, 4.69) is 17.4 Å². The number of nitrogens with zero attached hydrogens (tertiary/aromatic N) is 2. The highest BCUT2D eigenvalue weighted by Gasteiger charge is 2.23. The first-order valence-electron chi connectivity index (χ1n) is 11.4. The third-order valence-corrected chi connectivity index (χ3v) is 6.05. The number of amides is 1. The summed E-state index contributed by atoms with van der Waals surface area (Å²) in [5.74, 6) is 0.706. The average Bonchev–Trinajstić information content (AvgIpc) is 2.84. The Bertz CT molecular complexity index is 1340.